The van der Waals surface area contributed by atoms with Gasteiger partial charge in [0.2, 0.25) is 0 Å². The molecular weight excluding hydrogens is 508 g/mol. The topological polar surface area (TPSA) is 38.0 Å². The van der Waals surface area contributed by atoms with Crippen LogP contribution in [-0.2, 0) is 0 Å². The van der Waals surface area contributed by atoms with E-state index in [1.165, 1.54) is 54.7 Å². The lowest BCUT2D eigenvalue weighted by molar-refractivity contribution is 1.37. The molecule has 0 saturated heterocycles. The van der Waals surface area contributed by atoms with Gasteiger partial charge in [-0.15, -0.1) is 0 Å². The van der Waals surface area contributed by atoms with Gasteiger partial charge >= 0.3 is 0 Å². The van der Waals surface area contributed by atoms with Gasteiger partial charge in [-0.1, -0.05) is 152 Å². The molecular formula is C40H28N2. The molecule has 0 amide bonds. The quantitative estimate of drug-likeness (QED) is 0.130. The zero-order valence-electron chi connectivity index (χ0n) is 23.0. The van der Waals surface area contributed by atoms with Crippen LogP contribution in [0.4, 0.5) is 5.69 Å². The summed E-state index contributed by atoms with van der Waals surface area (Å²) in [6, 6.07) is 54.2. The highest BCUT2D eigenvalue weighted by molar-refractivity contribution is 6.37. The molecule has 0 aromatic heterocycles. The van der Waals surface area contributed by atoms with Gasteiger partial charge in [0.05, 0.1) is 5.69 Å². The number of nitrogen functional groups attached to an aromatic ring is 1. The number of benzene rings is 8. The van der Waals surface area contributed by atoms with Gasteiger partial charge in [-0.2, -0.15) is 0 Å². The predicted molar refractivity (Wildman–Crippen MR) is 180 cm³/mol. The summed E-state index contributed by atoms with van der Waals surface area (Å²) in [5.41, 5.74) is 13.5. The minimum Gasteiger partial charge on any atom is -0.323 e. The van der Waals surface area contributed by atoms with Crippen molar-refractivity contribution in [1.82, 2.24) is 0 Å². The van der Waals surface area contributed by atoms with Crippen LogP contribution in [0.25, 0.3) is 76.8 Å². The molecule has 0 atom stereocenters. The number of hydrogen-bond donors (Lipinski definition) is 2. The van der Waals surface area contributed by atoms with E-state index in [-0.39, 0.29) is 0 Å². The van der Waals surface area contributed by atoms with E-state index < -0.39 is 0 Å². The van der Waals surface area contributed by atoms with Gasteiger partial charge in [-0.3, -0.25) is 5.84 Å². The van der Waals surface area contributed by atoms with Crippen molar-refractivity contribution in [1.29, 1.82) is 0 Å². The maximum Gasteiger partial charge on any atom is 0.0649 e. The van der Waals surface area contributed by atoms with Crippen molar-refractivity contribution >= 4 is 38.0 Å². The highest BCUT2D eigenvalue weighted by Crippen LogP contribution is 2.55. The van der Waals surface area contributed by atoms with Crippen LogP contribution in [0.2, 0.25) is 0 Å². The Labute approximate surface area is 245 Å². The molecule has 0 spiro atoms. The predicted octanol–water partition coefficient (Wildman–Crippen LogP) is 10.5. The van der Waals surface area contributed by atoms with E-state index in [0.29, 0.717) is 0 Å². The van der Waals surface area contributed by atoms with Crippen LogP contribution < -0.4 is 11.3 Å². The van der Waals surface area contributed by atoms with Gasteiger partial charge in [-0.05, 0) is 54.9 Å². The summed E-state index contributed by atoms with van der Waals surface area (Å²) in [6.07, 6.45) is 0. The second-order valence-corrected chi connectivity index (χ2v) is 10.8. The first-order chi connectivity index (χ1) is 20.8. The van der Waals surface area contributed by atoms with Crippen molar-refractivity contribution in [3.63, 3.8) is 0 Å². The largest absolute Gasteiger partial charge is 0.323 e. The second-order valence-electron chi connectivity index (χ2n) is 10.8. The van der Waals surface area contributed by atoms with Crippen molar-refractivity contribution in [3.05, 3.63) is 152 Å². The van der Waals surface area contributed by atoms with E-state index in [2.05, 4.69) is 157 Å². The summed E-state index contributed by atoms with van der Waals surface area (Å²) in [5.74, 6) is 6.45. The van der Waals surface area contributed by atoms with Crippen molar-refractivity contribution in [2.75, 3.05) is 5.43 Å². The van der Waals surface area contributed by atoms with Crippen LogP contribution in [-0.4, -0.2) is 0 Å². The molecule has 0 fully saturated rings. The number of hydrogen-bond acceptors (Lipinski definition) is 2. The number of nitrogens with two attached hydrogens (primary N) is 1. The van der Waals surface area contributed by atoms with Crippen molar-refractivity contribution in [3.8, 4) is 44.5 Å². The monoisotopic (exact) mass is 536 g/mol. The molecule has 0 bridgehead atoms. The average Bonchev–Trinajstić information content (AvgIpc) is 3.07. The highest BCUT2D eigenvalue weighted by atomic mass is 15.2. The molecule has 3 N–H and O–H groups in total. The van der Waals surface area contributed by atoms with Crippen molar-refractivity contribution in [2.24, 2.45) is 5.84 Å². The molecule has 42 heavy (non-hydrogen) atoms. The van der Waals surface area contributed by atoms with E-state index in [0.717, 1.165) is 27.8 Å². The van der Waals surface area contributed by atoms with E-state index in [9.17, 15) is 0 Å². The minimum atomic E-state index is 0.936. The maximum absolute atomic E-state index is 6.45. The van der Waals surface area contributed by atoms with E-state index in [4.69, 9.17) is 5.84 Å². The Balaban J connectivity index is 1.75. The average molecular weight is 537 g/mol. The maximum atomic E-state index is 6.45. The summed E-state index contributed by atoms with van der Waals surface area (Å²) in [6.45, 7) is 0. The fourth-order valence-electron chi connectivity index (χ4n) is 6.81. The lowest BCUT2D eigenvalue weighted by Gasteiger charge is -2.27. The van der Waals surface area contributed by atoms with Gasteiger partial charge < -0.3 is 5.43 Å². The highest BCUT2D eigenvalue weighted by Gasteiger charge is 2.27. The lowest BCUT2D eigenvalue weighted by atomic mass is 9.77. The minimum absolute atomic E-state index is 0.936. The molecule has 0 saturated carbocycles. The third kappa shape index (κ3) is 3.63. The Morgan fingerprint density at radius 2 is 0.810 bits per heavy atom. The zero-order chi connectivity index (χ0) is 28.0. The first-order valence-electron chi connectivity index (χ1n) is 14.3. The van der Waals surface area contributed by atoms with Crippen LogP contribution in [0.15, 0.2) is 152 Å². The molecule has 198 valence electrons. The number of hydrazine groups is 1. The lowest BCUT2D eigenvalue weighted by Crippen LogP contribution is -2.10. The first-order valence-corrected chi connectivity index (χ1v) is 14.3. The Morgan fingerprint density at radius 1 is 0.333 bits per heavy atom. The van der Waals surface area contributed by atoms with E-state index in [1.54, 1.807) is 0 Å². The van der Waals surface area contributed by atoms with Crippen LogP contribution >= 0.6 is 0 Å². The molecule has 2 heteroatoms. The second kappa shape index (κ2) is 9.88. The summed E-state index contributed by atoms with van der Waals surface area (Å²) >= 11 is 0. The molecule has 0 aliphatic heterocycles. The zero-order valence-corrected chi connectivity index (χ0v) is 23.0. The van der Waals surface area contributed by atoms with Gasteiger partial charge in [-0.25, -0.2) is 0 Å². The summed E-state index contributed by atoms with van der Waals surface area (Å²) in [5, 5.41) is 7.31. The number of rotatable bonds is 5. The van der Waals surface area contributed by atoms with Gasteiger partial charge in [0, 0.05) is 21.9 Å². The Bertz CT molecular complexity index is 2190. The first kappa shape index (κ1) is 24.4. The molecule has 8 rings (SSSR count). The molecule has 0 radical (unpaired) electrons. The standard InChI is InChI=1S/C40H28N2/c41-42-40-32-25-24-30-22-13-23-31-33(26-14-5-1-6-15-26)35(27-16-7-2-8-17-27)39(38(32)34(30)31)36(28-18-9-3-10-19-28)37(40)29-20-11-4-12-21-29/h1-25,42H,41H2. The molecule has 0 heterocycles. The van der Waals surface area contributed by atoms with Gasteiger partial charge in [0.15, 0.2) is 0 Å². The Hall–Kier alpha value is -5.44. The molecule has 0 unspecified atom stereocenters. The fraction of sp³-hybridized carbons (Fsp3) is 0. The van der Waals surface area contributed by atoms with E-state index >= 15 is 0 Å². The smallest absolute Gasteiger partial charge is 0.0649 e. The molecule has 8 aromatic rings. The SMILES string of the molecule is NNc1c(-c2ccccc2)c(-c2ccccc2)c2c(-c3ccccc3)c(-c3ccccc3)c3cccc4ccc1c2c43. The Kier molecular flexibility index (Phi) is 5.73. The van der Waals surface area contributed by atoms with E-state index in [1.807, 2.05) is 0 Å². The van der Waals surface area contributed by atoms with Gasteiger partial charge in [0.25, 0.3) is 0 Å². The summed E-state index contributed by atoms with van der Waals surface area (Å²) in [4.78, 5) is 0. The molecule has 0 aliphatic carbocycles. The summed E-state index contributed by atoms with van der Waals surface area (Å²) < 4.78 is 0. The van der Waals surface area contributed by atoms with Crippen molar-refractivity contribution < 1.29 is 0 Å². The number of anilines is 1. The fourth-order valence-corrected chi connectivity index (χ4v) is 6.81. The van der Waals surface area contributed by atoms with Crippen molar-refractivity contribution in [2.45, 2.75) is 0 Å². The third-order valence-electron chi connectivity index (χ3n) is 8.48. The van der Waals surface area contributed by atoms with Gasteiger partial charge in [0.1, 0.15) is 0 Å². The third-order valence-corrected chi connectivity index (χ3v) is 8.48. The molecule has 8 aromatic carbocycles. The number of nitrogens with one attached hydrogen (secondary N) is 1. The van der Waals surface area contributed by atoms with Crippen LogP contribution in [0, 0.1) is 0 Å². The van der Waals surface area contributed by atoms with Crippen LogP contribution in [0.3, 0.4) is 0 Å². The normalized spacial score (nSPS) is 11.5. The molecule has 2 nitrogen and oxygen atoms in total. The van der Waals surface area contributed by atoms with Crippen LogP contribution in [0.1, 0.15) is 0 Å². The Morgan fingerprint density at radius 3 is 1.33 bits per heavy atom. The molecule has 0 aliphatic rings. The summed E-state index contributed by atoms with van der Waals surface area (Å²) in [7, 11) is 0. The van der Waals surface area contributed by atoms with Crippen LogP contribution in [0.5, 0.6) is 0 Å².